The van der Waals surface area contributed by atoms with E-state index in [-0.39, 0.29) is 5.79 Å². The molecule has 0 bridgehead atoms. The molecule has 0 spiro atoms. The van der Waals surface area contributed by atoms with Crippen molar-refractivity contribution in [2.75, 3.05) is 13.2 Å². The molecule has 12 heavy (non-hydrogen) atoms. The highest BCUT2D eigenvalue weighted by Gasteiger charge is 2.29. The first-order chi connectivity index (χ1) is 5.71. The lowest BCUT2D eigenvalue weighted by molar-refractivity contribution is -0.148. The topological polar surface area (TPSA) is 18.5 Å². The molecule has 0 atom stereocenters. The minimum atomic E-state index is -0.337. The molecule has 1 fully saturated rings. The summed E-state index contributed by atoms with van der Waals surface area (Å²) in [6, 6.07) is 0. The van der Waals surface area contributed by atoms with E-state index in [2.05, 4.69) is 20.8 Å². The van der Waals surface area contributed by atoms with Crippen LogP contribution >= 0.6 is 0 Å². The molecule has 0 aromatic heterocycles. The fourth-order valence-corrected chi connectivity index (χ4v) is 1.55. The molecule has 0 saturated carbocycles. The highest BCUT2D eigenvalue weighted by molar-refractivity contribution is 4.98. The van der Waals surface area contributed by atoms with Crippen LogP contribution in [0.3, 0.4) is 0 Å². The molecular formula is C10H19O2-. The van der Waals surface area contributed by atoms with Crippen molar-refractivity contribution in [2.45, 2.75) is 45.8 Å². The molecule has 0 radical (unpaired) electrons. The molecular weight excluding hydrogens is 152 g/mol. The summed E-state index contributed by atoms with van der Waals surface area (Å²) >= 11 is 0. The van der Waals surface area contributed by atoms with Crippen LogP contribution in [0.2, 0.25) is 0 Å². The third-order valence-corrected chi connectivity index (χ3v) is 2.38. The number of unbranched alkanes of at least 4 members (excludes halogenated alkanes) is 1. The van der Waals surface area contributed by atoms with Gasteiger partial charge in [0.05, 0.1) is 13.2 Å². The normalized spacial score (nSPS) is 22.0. The largest absolute Gasteiger partial charge is 0.378 e. The van der Waals surface area contributed by atoms with Gasteiger partial charge in [-0.2, -0.15) is 13.8 Å². The second kappa shape index (κ2) is 4.24. The molecule has 0 N–H and O–H groups in total. The zero-order valence-corrected chi connectivity index (χ0v) is 8.35. The van der Waals surface area contributed by atoms with Gasteiger partial charge in [0.2, 0.25) is 0 Å². The number of rotatable bonds is 4. The Morgan fingerprint density at radius 2 is 1.83 bits per heavy atom. The maximum absolute atomic E-state index is 5.64. The third-order valence-electron chi connectivity index (χ3n) is 2.38. The quantitative estimate of drug-likeness (QED) is 0.605. The van der Waals surface area contributed by atoms with Crippen molar-refractivity contribution in [2.24, 2.45) is 0 Å². The lowest BCUT2D eigenvalue weighted by Crippen LogP contribution is -2.34. The van der Waals surface area contributed by atoms with Crippen LogP contribution in [0.25, 0.3) is 0 Å². The molecule has 0 aromatic rings. The Morgan fingerprint density at radius 1 is 1.25 bits per heavy atom. The van der Waals surface area contributed by atoms with Crippen molar-refractivity contribution < 1.29 is 9.47 Å². The second-order valence-corrected chi connectivity index (χ2v) is 3.55. The molecule has 1 heterocycles. The highest BCUT2D eigenvalue weighted by Crippen LogP contribution is 2.34. The fraction of sp³-hybridized carbons (Fsp3) is 0.900. The van der Waals surface area contributed by atoms with Crippen LogP contribution in [0.1, 0.15) is 40.0 Å². The van der Waals surface area contributed by atoms with Crippen LogP contribution < -0.4 is 0 Å². The highest BCUT2D eigenvalue weighted by atomic mass is 16.7. The predicted molar refractivity (Wildman–Crippen MR) is 48.8 cm³/mol. The van der Waals surface area contributed by atoms with E-state index < -0.39 is 0 Å². The second-order valence-electron chi connectivity index (χ2n) is 3.55. The summed E-state index contributed by atoms with van der Waals surface area (Å²) in [6.45, 7) is 7.85. The van der Waals surface area contributed by atoms with Gasteiger partial charge in [-0.05, 0) is 6.42 Å². The molecule has 2 heteroatoms. The average molecular weight is 171 g/mol. The van der Waals surface area contributed by atoms with E-state index in [1.807, 2.05) is 0 Å². The van der Waals surface area contributed by atoms with E-state index in [9.17, 15) is 0 Å². The van der Waals surface area contributed by atoms with Gasteiger partial charge < -0.3 is 9.47 Å². The zero-order valence-electron chi connectivity index (χ0n) is 8.35. The number of hydrogen-bond donors (Lipinski definition) is 0. The van der Waals surface area contributed by atoms with Gasteiger partial charge in [-0.25, -0.2) is 0 Å². The standard InChI is InChI=1S/C10H19O2/c1-4-5-6-10(9(2)3)11-7-8-12-10/h4-8H2,1-3H3/q-1. The first-order valence-corrected chi connectivity index (χ1v) is 4.80. The summed E-state index contributed by atoms with van der Waals surface area (Å²) in [6.07, 6.45) is 3.37. The van der Waals surface area contributed by atoms with Crippen molar-refractivity contribution in [3.8, 4) is 0 Å². The molecule has 2 nitrogen and oxygen atoms in total. The van der Waals surface area contributed by atoms with Crippen LogP contribution in [-0.2, 0) is 9.47 Å². The van der Waals surface area contributed by atoms with Crippen LogP contribution in [-0.4, -0.2) is 19.0 Å². The minimum absolute atomic E-state index is 0.337. The molecule has 0 unspecified atom stereocenters. The molecule has 1 aliphatic heterocycles. The molecule has 0 amide bonds. The Kier molecular flexibility index (Phi) is 3.53. The van der Waals surface area contributed by atoms with E-state index in [1.165, 1.54) is 18.8 Å². The van der Waals surface area contributed by atoms with Crippen molar-refractivity contribution in [1.29, 1.82) is 0 Å². The number of ether oxygens (including phenoxy) is 2. The maximum atomic E-state index is 5.64. The van der Waals surface area contributed by atoms with E-state index >= 15 is 0 Å². The summed E-state index contributed by atoms with van der Waals surface area (Å²) < 4.78 is 11.3. The SMILES string of the molecule is CCCCC1([C-](C)C)OCCO1. The molecule has 72 valence electrons. The minimum Gasteiger partial charge on any atom is -0.378 e. The van der Waals surface area contributed by atoms with E-state index in [0.717, 1.165) is 19.6 Å². The smallest absolute Gasteiger partial charge is 0.0702 e. The summed E-state index contributed by atoms with van der Waals surface area (Å²) in [5.41, 5.74) is 0. The Bertz CT molecular complexity index is 126. The van der Waals surface area contributed by atoms with Crippen LogP contribution in [0.5, 0.6) is 0 Å². The van der Waals surface area contributed by atoms with Gasteiger partial charge in [-0.1, -0.05) is 19.8 Å². The van der Waals surface area contributed by atoms with Gasteiger partial charge >= 0.3 is 0 Å². The van der Waals surface area contributed by atoms with Crippen molar-refractivity contribution in [1.82, 2.24) is 0 Å². The fourth-order valence-electron chi connectivity index (χ4n) is 1.55. The zero-order chi connectivity index (χ0) is 9.03. The first kappa shape index (κ1) is 10.0. The van der Waals surface area contributed by atoms with Crippen LogP contribution in [0.4, 0.5) is 0 Å². The summed E-state index contributed by atoms with van der Waals surface area (Å²) in [4.78, 5) is 0. The molecule has 1 saturated heterocycles. The van der Waals surface area contributed by atoms with Crippen molar-refractivity contribution in [3.63, 3.8) is 0 Å². The lowest BCUT2D eigenvalue weighted by Gasteiger charge is -2.42. The number of hydrogen-bond acceptors (Lipinski definition) is 2. The van der Waals surface area contributed by atoms with Gasteiger partial charge in [-0.3, -0.25) is 5.92 Å². The van der Waals surface area contributed by atoms with E-state index in [1.54, 1.807) is 0 Å². The predicted octanol–water partition coefficient (Wildman–Crippen LogP) is 2.53. The molecule has 1 aliphatic rings. The molecule has 0 aromatic carbocycles. The Balaban J connectivity index is 2.47. The van der Waals surface area contributed by atoms with Gasteiger partial charge in [0.25, 0.3) is 0 Å². The Hall–Kier alpha value is -0.0800. The third kappa shape index (κ3) is 1.99. The van der Waals surface area contributed by atoms with Gasteiger partial charge in [0.1, 0.15) is 0 Å². The lowest BCUT2D eigenvalue weighted by atomic mass is 9.97. The average Bonchev–Trinajstić information content (AvgIpc) is 2.50. The van der Waals surface area contributed by atoms with Gasteiger partial charge in [0.15, 0.2) is 0 Å². The molecule has 1 rings (SSSR count). The van der Waals surface area contributed by atoms with E-state index in [4.69, 9.17) is 9.47 Å². The van der Waals surface area contributed by atoms with Crippen LogP contribution in [0.15, 0.2) is 0 Å². The summed E-state index contributed by atoms with van der Waals surface area (Å²) in [7, 11) is 0. The Morgan fingerprint density at radius 3 is 2.25 bits per heavy atom. The maximum Gasteiger partial charge on any atom is 0.0702 e. The van der Waals surface area contributed by atoms with Crippen molar-refractivity contribution >= 4 is 0 Å². The van der Waals surface area contributed by atoms with Crippen LogP contribution in [0, 0.1) is 5.92 Å². The van der Waals surface area contributed by atoms with E-state index in [0.29, 0.717) is 0 Å². The Labute approximate surface area is 75.2 Å². The van der Waals surface area contributed by atoms with Crippen molar-refractivity contribution in [3.05, 3.63) is 5.92 Å². The van der Waals surface area contributed by atoms with Gasteiger partial charge in [-0.15, -0.1) is 0 Å². The summed E-state index contributed by atoms with van der Waals surface area (Å²) in [5, 5.41) is 0. The monoisotopic (exact) mass is 171 g/mol. The molecule has 0 aliphatic carbocycles. The first-order valence-electron chi connectivity index (χ1n) is 4.80. The summed E-state index contributed by atoms with van der Waals surface area (Å²) in [5.74, 6) is 0.907. The van der Waals surface area contributed by atoms with Gasteiger partial charge in [0, 0.05) is 5.79 Å².